The first-order valence-electron chi connectivity index (χ1n) is 7.29. The monoisotopic (exact) mass is 291 g/mol. The zero-order valence-electron chi connectivity index (χ0n) is 12.4. The highest BCUT2D eigenvalue weighted by Gasteiger charge is 2.04. The smallest absolute Gasteiger partial charge is 0.130 e. The number of nitrogens with zero attached hydrogens (tertiary/aromatic N) is 1. The quantitative estimate of drug-likeness (QED) is 0.664. The molecule has 0 saturated heterocycles. The van der Waals surface area contributed by atoms with Crippen LogP contribution in [0.25, 0.3) is 10.9 Å². The molecule has 0 aliphatic rings. The van der Waals surface area contributed by atoms with Crippen molar-refractivity contribution in [2.24, 2.45) is 0 Å². The second-order valence-electron chi connectivity index (χ2n) is 5.28. The molecule has 1 atom stereocenters. The minimum absolute atomic E-state index is 0.0868. The fraction of sp³-hybridized carbons (Fsp3) is 0.158. The Morgan fingerprint density at radius 2 is 1.82 bits per heavy atom. The summed E-state index contributed by atoms with van der Waals surface area (Å²) in [6.45, 7) is 2.30. The fourth-order valence-corrected chi connectivity index (χ4v) is 2.29. The van der Waals surface area contributed by atoms with Crippen LogP contribution in [0.15, 0.2) is 60.7 Å². The Bertz CT molecular complexity index is 781. The molecule has 3 rings (SSSR count). The molecule has 22 heavy (non-hydrogen) atoms. The maximum Gasteiger partial charge on any atom is 0.130 e. The van der Waals surface area contributed by atoms with Crippen LogP contribution in [0, 0.1) is 0 Å². The molecule has 0 bridgehead atoms. The van der Waals surface area contributed by atoms with Gasteiger partial charge in [0, 0.05) is 11.3 Å². The number of hydrogen-bond acceptors (Lipinski definition) is 3. The number of fused-ring (bicyclic) bond motifs is 1. The Hall–Kier alpha value is -2.68. The molecule has 1 unspecified atom stereocenters. The van der Waals surface area contributed by atoms with Crippen LogP contribution in [-0.2, 0) is 11.4 Å². The zero-order valence-corrected chi connectivity index (χ0v) is 12.4. The van der Waals surface area contributed by atoms with E-state index >= 15 is 0 Å². The van der Waals surface area contributed by atoms with Crippen molar-refractivity contribution in [1.29, 1.82) is 0 Å². The van der Waals surface area contributed by atoms with Crippen molar-refractivity contribution in [2.45, 2.75) is 19.4 Å². The lowest BCUT2D eigenvalue weighted by molar-refractivity contribution is -0.108. The van der Waals surface area contributed by atoms with E-state index in [1.54, 1.807) is 0 Å². The third-order valence-electron chi connectivity index (χ3n) is 3.65. The Morgan fingerprint density at radius 3 is 2.59 bits per heavy atom. The van der Waals surface area contributed by atoms with E-state index < -0.39 is 0 Å². The number of hydrogen-bond donors (Lipinski definition) is 0. The second kappa shape index (κ2) is 6.39. The lowest BCUT2D eigenvalue weighted by Gasteiger charge is -2.08. The minimum Gasteiger partial charge on any atom is -0.487 e. The summed E-state index contributed by atoms with van der Waals surface area (Å²) in [5.41, 5.74) is 2.86. The molecule has 0 saturated carbocycles. The molecular weight excluding hydrogens is 274 g/mol. The largest absolute Gasteiger partial charge is 0.487 e. The van der Waals surface area contributed by atoms with E-state index in [0.717, 1.165) is 34.2 Å². The standard InChI is InChI=1S/C19H17NO2/c1-14(12-21)15-7-10-18(11-8-15)22-13-17-9-6-16-4-2-3-5-19(16)20-17/h2-12,14H,13H2,1H3. The topological polar surface area (TPSA) is 39.2 Å². The van der Waals surface area contributed by atoms with Crippen molar-refractivity contribution >= 4 is 17.2 Å². The van der Waals surface area contributed by atoms with Crippen LogP contribution in [0.3, 0.4) is 0 Å². The average Bonchev–Trinajstić information content (AvgIpc) is 2.59. The van der Waals surface area contributed by atoms with Gasteiger partial charge in [-0.15, -0.1) is 0 Å². The number of para-hydroxylation sites is 1. The highest BCUT2D eigenvalue weighted by molar-refractivity contribution is 5.78. The van der Waals surface area contributed by atoms with Crippen molar-refractivity contribution in [2.75, 3.05) is 0 Å². The summed E-state index contributed by atoms with van der Waals surface area (Å²) in [4.78, 5) is 15.3. The zero-order chi connectivity index (χ0) is 15.4. The molecule has 0 spiro atoms. The molecule has 0 fully saturated rings. The van der Waals surface area contributed by atoms with Gasteiger partial charge in [-0.25, -0.2) is 4.98 Å². The number of benzene rings is 2. The van der Waals surface area contributed by atoms with Crippen LogP contribution in [0.2, 0.25) is 0 Å². The first-order valence-corrected chi connectivity index (χ1v) is 7.29. The second-order valence-corrected chi connectivity index (χ2v) is 5.28. The van der Waals surface area contributed by atoms with Gasteiger partial charge in [0.15, 0.2) is 0 Å². The highest BCUT2D eigenvalue weighted by Crippen LogP contribution is 2.19. The van der Waals surface area contributed by atoms with Crippen molar-refractivity contribution in [1.82, 2.24) is 4.98 Å². The number of ether oxygens (including phenoxy) is 1. The molecule has 3 heteroatoms. The number of pyridine rings is 1. The Morgan fingerprint density at radius 1 is 1.05 bits per heavy atom. The summed E-state index contributed by atoms with van der Waals surface area (Å²) >= 11 is 0. The van der Waals surface area contributed by atoms with Crippen LogP contribution in [0.4, 0.5) is 0 Å². The molecule has 0 radical (unpaired) electrons. The van der Waals surface area contributed by atoms with Crippen LogP contribution in [0.5, 0.6) is 5.75 Å². The van der Waals surface area contributed by atoms with Crippen LogP contribution in [-0.4, -0.2) is 11.3 Å². The number of carbonyl (C=O) groups excluding carboxylic acids is 1. The molecule has 1 heterocycles. The molecular formula is C19H17NO2. The predicted molar refractivity (Wildman–Crippen MR) is 87.0 cm³/mol. The van der Waals surface area contributed by atoms with E-state index in [2.05, 4.69) is 11.1 Å². The molecule has 0 N–H and O–H groups in total. The molecule has 3 aromatic rings. The fourth-order valence-electron chi connectivity index (χ4n) is 2.29. The van der Waals surface area contributed by atoms with Gasteiger partial charge in [0.2, 0.25) is 0 Å². The maximum absolute atomic E-state index is 10.8. The van der Waals surface area contributed by atoms with E-state index in [1.807, 2.05) is 61.5 Å². The Kier molecular flexibility index (Phi) is 4.15. The number of rotatable bonds is 5. The maximum atomic E-state index is 10.8. The van der Waals surface area contributed by atoms with Gasteiger partial charge >= 0.3 is 0 Å². The van der Waals surface area contributed by atoms with E-state index in [0.29, 0.717) is 6.61 Å². The summed E-state index contributed by atoms with van der Waals surface area (Å²) in [5.74, 6) is 0.688. The third-order valence-corrected chi connectivity index (χ3v) is 3.65. The molecule has 110 valence electrons. The summed E-state index contributed by atoms with van der Waals surface area (Å²) in [6, 6.07) is 19.7. The normalized spacial score (nSPS) is 12.0. The van der Waals surface area contributed by atoms with Crippen LogP contribution < -0.4 is 4.74 Å². The minimum atomic E-state index is -0.0868. The van der Waals surface area contributed by atoms with E-state index in [4.69, 9.17) is 4.74 Å². The Balaban J connectivity index is 1.69. The van der Waals surface area contributed by atoms with Gasteiger partial charge in [0.05, 0.1) is 11.2 Å². The molecule has 0 aliphatic carbocycles. The van der Waals surface area contributed by atoms with Gasteiger partial charge in [-0.2, -0.15) is 0 Å². The van der Waals surface area contributed by atoms with Crippen molar-refractivity contribution in [3.8, 4) is 5.75 Å². The predicted octanol–water partition coefficient (Wildman–Crippen LogP) is 4.12. The van der Waals surface area contributed by atoms with Gasteiger partial charge in [-0.1, -0.05) is 43.3 Å². The van der Waals surface area contributed by atoms with Gasteiger partial charge in [-0.3, -0.25) is 0 Å². The highest BCUT2D eigenvalue weighted by atomic mass is 16.5. The molecule has 2 aromatic carbocycles. The van der Waals surface area contributed by atoms with Crippen LogP contribution >= 0.6 is 0 Å². The lowest BCUT2D eigenvalue weighted by Crippen LogP contribution is -1.99. The summed E-state index contributed by atoms with van der Waals surface area (Å²) < 4.78 is 5.76. The number of aromatic nitrogens is 1. The van der Waals surface area contributed by atoms with Crippen molar-refractivity contribution in [3.05, 3.63) is 71.9 Å². The number of aldehydes is 1. The van der Waals surface area contributed by atoms with Crippen molar-refractivity contribution < 1.29 is 9.53 Å². The van der Waals surface area contributed by atoms with E-state index in [-0.39, 0.29) is 5.92 Å². The molecule has 0 amide bonds. The van der Waals surface area contributed by atoms with Crippen LogP contribution in [0.1, 0.15) is 24.1 Å². The Labute approximate surface area is 129 Å². The van der Waals surface area contributed by atoms with E-state index in [1.165, 1.54) is 0 Å². The van der Waals surface area contributed by atoms with Gasteiger partial charge in [0.1, 0.15) is 18.6 Å². The third kappa shape index (κ3) is 3.14. The first kappa shape index (κ1) is 14.3. The van der Waals surface area contributed by atoms with Gasteiger partial charge < -0.3 is 9.53 Å². The summed E-state index contributed by atoms with van der Waals surface area (Å²) in [6.07, 6.45) is 0.939. The SMILES string of the molecule is CC(C=O)c1ccc(OCc2ccc3ccccc3n2)cc1. The lowest BCUT2D eigenvalue weighted by atomic mass is 10.0. The summed E-state index contributed by atoms with van der Waals surface area (Å²) in [7, 11) is 0. The van der Waals surface area contributed by atoms with E-state index in [9.17, 15) is 4.79 Å². The molecule has 1 aromatic heterocycles. The average molecular weight is 291 g/mol. The van der Waals surface area contributed by atoms with Gasteiger partial charge in [-0.05, 0) is 29.8 Å². The van der Waals surface area contributed by atoms with Gasteiger partial charge in [0.25, 0.3) is 0 Å². The molecule has 3 nitrogen and oxygen atoms in total. The first-order chi connectivity index (χ1) is 10.8. The summed E-state index contributed by atoms with van der Waals surface area (Å²) in [5, 5.41) is 1.12. The number of carbonyl (C=O) groups is 1. The van der Waals surface area contributed by atoms with Crippen molar-refractivity contribution in [3.63, 3.8) is 0 Å². The molecule has 0 aliphatic heterocycles.